The summed E-state index contributed by atoms with van der Waals surface area (Å²) in [5.41, 5.74) is 0.262. The Labute approximate surface area is 199 Å². The lowest BCUT2D eigenvalue weighted by molar-refractivity contribution is -0.00441. The van der Waals surface area contributed by atoms with Crippen LogP contribution in [0.1, 0.15) is 72.1 Å². The average Bonchev–Trinajstić information content (AvgIpc) is 3.09. The number of rotatable bonds is 4. The SMILES string of the molecule is CN1[C@@H]2CC[C@H]1CC(OC(=O)c1cc(Cl)c(Cl)cc1C(=O)OC1C[C@H]3CC[C@@H](C1)N3C)C2. The van der Waals surface area contributed by atoms with Crippen LogP contribution in [-0.4, -0.2) is 72.2 Å². The molecule has 1 aromatic carbocycles. The molecule has 4 aliphatic heterocycles. The van der Waals surface area contributed by atoms with E-state index in [1.807, 2.05) is 0 Å². The van der Waals surface area contributed by atoms with Crippen molar-refractivity contribution in [2.24, 2.45) is 0 Å². The van der Waals surface area contributed by atoms with E-state index in [9.17, 15) is 9.59 Å². The summed E-state index contributed by atoms with van der Waals surface area (Å²) in [5.74, 6) is -1.07. The highest BCUT2D eigenvalue weighted by molar-refractivity contribution is 6.42. The van der Waals surface area contributed by atoms with E-state index in [2.05, 4.69) is 23.9 Å². The van der Waals surface area contributed by atoms with Crippen LogP contribution in [0.2, 0.25) is 10.0 Å². The van der Waals surface area contributed by atoms with Crippen LogP contribution in [0.3, 0.4) is 0 Å². The summed E-state index contributed by atoms with van der Waals surface area (Å²) in [6.45, 7) is 0. The number of fused-ring (bicyclic) bond motifs is 4. The van der Waals surface area contributed by atoms with E-state index in [-0.39, 0.29) is 33.4 Å². The topological polar surface area (TPSA) is 59.1 Å². The smallest absolute Gasteiger partial charge is 0.339 e. The lowest BCUT2D eigenvalue weighted by atomic mass is 10.00. The van der Waals surface area contributed by atoms with Gasteiger partial charge >= 0.3 is 11.9 Å². The maximum Gasteiger partial charge on any atom is 0.339 e. The first-order valence-corrected chi connectivity index (χ1v) is 12.4. The van der Waals surface area contributed by atoms with E-state index in [0.717, 1.165) is 51.4 Å². The zero-order chi connectivity index (χ0) is 22.6. The highest BCUT2D eigenvalue weighted by Gasteiger charge is 2.41. The Balaban J connectivity index is 1.31. The number of hydrogen-bond acceptors (Lipinski definition) is 6. The number of benzene rings is 1. The van der Waals surface area contributed by atoms with Gasteiger partial charge in [0.05, 0.1) is 21.2 Å². The molecule has 0 spiro atoms. The minimum atomic E-state index is -0.534. The number of halogens is 2. The molecule has 0 aliphatic carbocycles. The number of hydrogen-bond donors (Lipinski definition) is 0. The van der Waals surface area contributed by atoms with Crippen molar-refractivity contribution < 1.29 is 19.1 Å². The van der Waals surface area contributed by atoms with Crippen LogP contribution < -0.4 is 0 Å². The molecule has 1 aromatic rings. The quantitative estimate of drug-likeness (QED) is 0.588. The van der Waals surface area contributed by atoms with Crippen LogP contribution in [-0.2, 0) is 9.47 Å². The van der Waals surface area contributed by atoms with Crippen molar-refractivity contribution in [2.75, 3.05) is 14.1 Å². The molecular formula is C24H30Cl2N2O4. The first-order chi connectivity index (χ1) is 15.3. The van der Waals surface area contributed by atoms with E-state index in [0.29, 0.717) is 24.2 Å². The van der Waals surface area contributed by atoms with Gasteiger partial charge in [0.25, 0.3) is 0 Å². The van der Waals surface area contributed by atoms with Crippen molar-refractivity contribution in [1.82, 2.24) is 9.80 Å². The van der Waals surface area contributed by atoms with Gasteiger partial charge in [-0.05, 0) is 51.9 Å². The largest absolute Gasteiger partial charge is 0.459 e. The van der Waals surface area contributed by atoms with Crippen molar-refractivity contribution >= 4 is 35.1 Å². The lowest BCUT2D eigenvalue weighted by Crippen LogP contribution is -2.43. The van der Waals surface area contributed by atoms with E-state index in [4.69, 9.17) is 32.7 Å². The second-order valence-electron chi connectivity index (χ2n) is 9.91. The predicted molar refractivity (Wildman–Crippen MR) is 122 cm³/mol. The van der Waals surface area contributed by atoms with Gasteiger partial charge in [0.2, 0.25) is 0 Å². The van der Waals surface area contributed by atoms with Crippen LogP contribution in [0.25, 0.3) is 0 Å². The summed E-state index contributed by atoms with van der Waals surface area (Å²) in [6, 6.07) is 4.67. The zero-order valence-corrected chi connectivity index (χ0v) is 20.1. The van der Waals surface area contributed by atoms with Crippen molar-refractivity contribution in [3.8, 4) is 0 Å². The predicted octanol–water partition coefficient (Wildman–Crippen LogP) is 4.56. The average molecular weight is 481 g/mol. The minimum absolute atomic E-state index is 0.131. The van der Waals surface area contributed by atoms with Gasteiger partial charge in [-0.15, -0.1) is 0 Å². The van der Waals surface area contributed by atoms with Crippen LogP contribution in [0, 0.1) is 0 Å². The third-order valence-electron chi connectivity index (χ3n) is 8.16. The molecule has 174 valence electrons. The third kappa shape index (κ3) is 4.15. The molecule has 4 fully saturated rings. The number of carbonyl (C=O) groups excluding carboxylic acids is 2. The Hall–Kier alpha value is -1.34. The van der Waals surface area contributed by atoms with Gasteiger partial charge in [0, 0.05) is 49.9 Å². The van der Waals surface area contributed by atoms with Crippen molar-refractivity contribution in [3.05, 3.63) is 33.3 Å². The Bertz CT molecular complexity index is 825. The Kier molecular flexibility index (Phi) is 6.16. The van der Waals surface area contributed by atoms with Gasteiger partial charge in [-0.3, -0.25) is 0 Å². The van der Waals surface area contributed by atoms with Crippen molar-refractivity contribution in [2.45, 2.75) is 87.7 Å². The fourth-order valence-electron chi connectivity index (χ4n) is 6.23. The molecule has 4 bridgehead atoms. The fourth-order valence-corrected chi connectivity index (χ4v) is 6.56. The molecule has 4 aliphatic rings. The number of esters is 2. The molecule has 5 rings (SSSR count). The molecule has 0 radical (unpaired) electrons. The molecular weight excluding hydrogens is 451 g/mol. The molecule has 4 saturated heterocycles. The Morgan fingerprint density at radius 1 is 0.719 bits per heavy atom. The summed E-state index contributed by atoms with van der Waals surface area (Å²) in [7, 11) is 4.28. The van der Waals surface area contributed by atoms with Crippen LogP contribution in [0.5, 0.6) is 0 Å². The minimum Gasteiger partial charge on any atom is -0.459 e. The molecule has 0 aromatic heterocycles. The number of nitrogens with zero attached hydrogens (tertiary/aromatic N) is 2. The molecule has 8 heteroatoms. The van der Waals surface area contributed by atoms with Crippen molar-refractivity contribution in [1.29, 1.82) is 0 Å². The van der Waals surface area contributed by atoms with Gasteiger partial charge in [0.15, 0.2) is 0 Å². The first-order valence-electron chi connectivity index (χ1n) is 11.6. The van der Waals surface area contributed by atoms with Crippen LogP contribution >= 0.6 is 23.2 Å². The Morgan fingerprint density at radius 2 is 1.03 bits per heavy atom. The van der Waals surface area contributed by atoms with Crippen molar-refractivity contribution in [3.63, 3.8) is 0 Å². The normalized spacial score (nSPS) is 34.5. The highest BCUT2D eigenvalue weighted by atomic mass is 35.5. The standard InChI is InChI=1S/C24H30Cl2N2O4/c1-27-13-3-4-14(27)8-17(7-13)31-23(29)19-11-21(25)22(26)12-20(19)24(30)32-18-9-15-5-6-16(10-18)28(15)2/h11-18H,3-10H2,1-2H3/t13-,14+,15-,16+,17?,18?. The molecule has 4 heterocycles. The van der Waals surface area contributed by atoms with Gasteiger partial charge in [-0.25, -0.2) is 9.59 Å². The van der Waals surface area contributed by atoms with Gasteiger partial charge < -0.3 is 19.3 Å². The number of carbonyl (C=O) groups is 2. The van der Waals surface area contributed by atoms with E-state index in [1.54, 1.807) is 0 Å². The molecule has 0 N–H and O–H groups in total. The van der Waals surface area contributed by atoms with E-state index >= 15 is 0 Å². The second-order valence-corrected chi connectivity index (χ2v) is 10.7. The summed E-state index contributed by atoms with van der Waals surface area (Å²) in [4.78, 5) is 31.0. The Morgan fingerprint density at radius 3 is 1.34 bits per heavy atom. The summed E-state index contributed by atoms with van der Waals surface area (Å²) in [6.07, 6.45) is 7.51. The zero-order valence-electron chi connectivity index (χ0n) is 18.6. The molecule has 0 saturated carbocycles. The third-order valence-corrected chi connectivity index (χ3v) is 8.88. The van der Waals surface area contributed by atoms with E-state index < -0.39 is 11.9 Å². The van der Waals surface area contributed by atoms with Crippen LogP contribution in [0.15, 0.2) is 12.1 Å². The highest BCUT2D eigenvalue weighted by Crippen LogP contribution is 2.38. The molecule has 6 atom stereocenters. The first kappa shape index (κ1) is 22.5. The summed E-state index contributed by atoms with van der Waals surface area (Å²) >= 11 is 12.4. The second kappa shape index (κ2) is 8.79. The van der Waals surface area contributed by atoms with Crippen LogP contribution in [0.4, 0.5) is 0 Å². The maximum atomic E-state index is 13.1. The maximum absolute atomic E-state index is 13.1. The summed E-state index contributed by atoms with van der Waals surface area (Å²) < 4.78 is 11.7. The van der Waals surface area contributed by atoms with Gasteiger partial charge in [-0.2, -0.15) is 0 Å². The van der Waals surface area contributed by atoms with Gasteiger partial charge in [0.1, 0.15) is 12.2 Å². The fraction of sp³-hybridized carbons (Fsp3) is 0.667. The van der Waals surface area contributed by atoms with E-state index in [1.165, 1.54) is 12.1 Å². The molecule has 2 unspecified atom stereocenters. The monoisotopic (exact) mass is 480 g/mol. The number of piperidine rings is 2. The molecule has 6 nitrogen and oxygen atoms in total. The summed E-state index contributed by atoms with van der Waals surface area (Å²) in [5, 5.41) is 0.437. The number of ether oxygens (including phenoxy) is 2. The molecule has 0 amide bonds. The lowest BCUT2D eigenvalue weighted by Gasteiger charge is -2.36. The molecule has 32 heavy (non-hydrogen) atoms. The van der Waals surface area contributed by atoms with Gasteiger partial charge in [-0.1, -0.05) is 23.2 Å².